The minimum Gasteiger partial charge on any atom is -0.342 e. The van der Waals surface area contributed by atoms with Crippen molar-refractivity contribution < 1.29 is 18.4 Å². The molecule has 3 rings (SSSR count). The van der Waals surface area contributed by atoms with E-state index in [1.165, 1.54) is 0 Å². The van der Waals surface area contributed by atoms with E-state index >= 15 is 0 Å². The summed E-state index contributed by atoms with van der Waals surface area (Å²) in [5.41, 5.74) is -0.149. The van der Waals surface area contributed by atoms with E-state index in [-0.39, 0.29) is 30.0 Å². The highest BCUT2D eigenvalue weighted by Gasteiger charge is 2.30. The van der Waals surface area contributed by atoms with Gasteiger partial charge in [0.15, 0.2) is 0 Å². The van der Waals surface area contributed by atoms with Crippen molar-refractivity contribution in [2.75, 3.05) is 38.0 Å². The van der Waals surface area contributed by atoms with Crippen LogP contribution in [0.5, 0.6) is 0 Å². The van der Waals surface area contributed by atoms with E-state index in [0.717, 1.165) is 57.0 Å². The third-order valence-corrected chi connectivity index (χ3v) is 4.92. The van der Waals surface area contributed by atoms with Gasteiger partial charge in [0.05, 0.1) is 12.2 Å². The molecule has 1 aromatic rings. The molecule has 0 radical (unpaired) electrons. The number of carbonyl (C=O) groups is 2. The van der Waals surface area contributed by atoms with Gasteiger partial charge >= 0.3 is 0 Å². The predicted octanol–water partition coefficient (Wildman–Crippen LogP) is 2.24. The van der Waals surface area contributed by atoms with E-state index in [1.807, 2.05) is 9.80 Å². The van der Waals surface area contributed by atoms with Crippen molar-refractivity contribution in [3.63, 3.8) is 0 Å². The zero-order chi connectivity index (χ0) is 17.8. The number of carbonyl (C=O) groups excluding carboxylic acids is 2. The van der Waals surface area contributed by atoms with Crippen LogP contribution in [0.2, 0.25) is 0 Å². The fraction of sp³-hybridized carbons (Fsp3) is 0.556. The lowest BCUT2D eigenvalue weighted by molar-refractivity contribution is -0.136. The van der Waals surface area contributed by atoms with Gasteiger partial charge in [0.1, 0.15) is 11.6 Å². The summed E-state index contributed by atoms with van der Waals surface area (Å²) in [6, 6.07) is 2.96. The van der Waals surface area contributed by atoms with E-state index < -0.39 is 11.6 Å². The Morgan fingerprint density at radius 3 is 2.44 bits per heavy atom. The van der Waals surface area contributed by atoms with E-state index in [1.54, 1.807) is 0 Å². The molecule has 25 heavy (non-hydrogen) atoms. The van der Waals surface area contributed by atoms with Crippen LogP contribution < -0.4 is 5.32 Å². The Kier molecular flexibility index (Phi) is 5.63. The molecule has 2 aliphatic heterocycles. The first kappa shape index (κ1) is 17.8. The number of nitrogens with one attached hydrogen (secondary N) is 1. The van der Waals surface area contributed by atoms with E-state index in [4.69, 9.17) is 0 Å². The summed E-state index contributed by atoms with van der Waals surface area (Å²) in [6.07, 6.45) is 3.64. The number of rotatable bonds is 4. The summed E-state index contributed by atoms with van der Waals surface area (Å²) in [5, 5.41) is 2.41. The maximum absolute atomic E-state index is 13.6. The highest BCUT2D eigenvalue weighted by atomic mass is 19.1. The van der Waals surface area contributed by atoms with Crippen molar-refractivity contribution in [2.45, 2.75) is 25.7 Å². The molecule has 2 aliphatic rings. The lowest BCUT2D eigenvalue weighted by Gasteiger charge is -2.32. The lowest BCUT2D eigenvalue weighted by Crippen LogP contribution is -2.43. The quantitative estimate of drug-likeness (QED) is 0.905. The minimum absolute atomic E-state index is 0.0399. The third-order valence-electron chi connectivity index (χ3n) is 4.92. The summed E-state index contributed by atoms with van der Waals surface area (Å²) in [5.74, 6) is -1.36. The first-order valence-corrected chi connectivity index (χ1v) is 8.79. The van der Waals surface area contributed by atoms with Gasteiger partial charge in [-0.25, -0.2) is 8.78 Å². The highest BCUT2D eigenvalue weighted by Crippen LogP contribution is 2.22. The second-order valence-electron chi connectivity index (χ2n) is 6.76. The molecule has 0 atom stereocenters. The second kappa shape index (κ2) is 7.91. The zero-order valence-electron chi connectivity index (χ0n) is 14.1. The van der Waals surface area contributed by atoms with Crippen LogP contribution in [0.3, 0.4) is 0 Å². The topological polar surface area (TPSA) is 52.7 Å². The fourth-order valence-electron chi connectivity index (χ4n) is 3.52. The number of anilines is 1. The fourth-order valence-corrected chi connectivity index (χ4v) is 3.52. The smallest absolute Gasteiger partial charge is 0.238 e. The molecule has 2 fully saturated rings. The number of halogens is 2. The number of benzene rings is 1. The molecule has 5 nitrogen and oxygen atoms in total. The van der Waals surface area contributed by atoms with Crippen LogP contribution in [0.25, 0.3) is 0 Å². The van der Waals surface area contributed by atoms with Crippen molar-refractivity contribution in [1.82, 2.24) is 9.80 Å². The Bertz CT molecular complexity index is 639. The maximum Gasteiger partial charge on any atom is 0.238 e. The summed E-state index contributed by atoms with van der Waals surface area (Å²) < 4.78 is 26.7. The molecular weight excluding hydrogens is 328 g/mol. The normalized spacial score (nSPS) is 19.2. The number of hydrogen-bond donors (Lipinski definition) is 1. The second-order valence-corrected chi connectivity index (χ2v) is 6.76. The van der Waals surface area contributed by atoms with Crippen LogP contribution in [0, 0.1) is 17.6 Å². The molecule has 0 spiro atoms. The largest absolute Gasteiger partial charge is 0.342 e. The molecule has 2 saturated heterocycles. The standard InChI is InChI=1S/C18H23F2N3O2/c19-14-3-4-15(20)16(11-14)21-17(24)12-22-9-5-13(6-10-22)18(25)23-7-1-2-8-23/h3-4,11,13H,1-2,5-10,12H2,(H,21,24). The molecular formula is C18H23F2N3O2. The molecule has 0 bridgehead atoms. The van der Waals surface area contributed by atoms with Crippen molar-refractivity contribution in [1.29, 1.82) is 0 Å². The average molecular weight is 351 g/mol. The number of likely N-dealkylation sites (tertiary alicyclic amines) is 2. The first-order chi connectivity index (χ1) is 12.0. The van der Waals surface area contributed by atoms with Crippen LogP contribution in [-0.4, -0.2) is 54.3 Å². The van der Waals surface area contributed by atoms with Gasteiger partial charge in [0, 0.05) is 25.1 Å². The van der Waals surface area contributed by atoms with Gasteiger partial charge in [0.2, 0.25) is 11.8 Å². The molecule has 0 unspecified atom stereocenters. The Morgan fingerprint density at radius 2 is 1.76 bits per heavy atom. The van der Waals surface area contributed by atoms with Gasteiger partial charge in [-0.2, -0.15) is 0 Å². The molecule has 1 aromatic carbocycles. The van der Waals surface area contributed by atoms with Gasteiger partial charge < -0.3 is 10.2 Å². The molecule has 0 aliphatic carbocycles. The number of nitrogens with zero attached hydrogens (tertiary/aromatic N) is 2. The van der Waals surface area contributed by atoms with E-state index in [0.29, 0.717) is 13.1 Å². The van der Waals surface area contributed by atoms with Gasteiger partial charge in [-0.3, -0.25) is 14.5 Å². The van der Waals surface area contributed by atoms with Crippen molar-refractivity contribution in [3.05, 3.63) is 29.8 Å². The van der Waals surface area contributed by atoms with Crippen molar-refractivity contribution in [3.8, 4) is 0 Å². The zero-order valence-corrected chi connectivity index (χ0v) is 14.1. The third kappa shape index (κ3) is 4.54. The van der Waals surface area contributed by atoms with Crippen LogP contribution in [0.4, 0.5) is 14.5 Å². The highest BCUT2D eigenvalue weighted by molar-refractivity contribution is 5.92. The summed E-state index contributed by atoms with van der Waals surface area (Å²) in [6.45, 7) is 3.15. The Hall–Kier alpha value is -2.02. The van der Waals surface area contributed by atoms with Crippen LogP contribution in [0.1, 0.15) is 25.7 Å². The summed E-state index contributed by atoms with van der Waals surface area (Å²) >= 11 is 0. The van der Waals surface area contributed by atoms with Crippen LogP contribution in [0.15, 0.2) is 18.2 Å². The SMILES string of the molecule is O=C(CN1CCC(C(=O)N2CCCC2)CC1)Nc1cc(F)ccc1F. The molecule has 2 amide bonds. The Balaban J connectivity index is 1.46. The van der Waals surface area contributed by atoms with E-state index in [2.05, 4.69) is 5.32 Å². The monoisotopic (exact) mass is 351 g/mol. The Labute approximate surface area is 146 Å². The molecule has 7 heteroatoms. The summed E-state index contributed by atoms with van der Waals surface area (Å²) in [7, 11) is 0. The van der Waals surface area contributed by atoms with Gasteiger partial charge in [-0.1, -0.05) is 0 Å². The molecule has 1 N–H and O–H groups in total. The predicted molar refractivity (Wildman–Crippen MR) is 90.0 cm³/mol. The first-order valence-electron chi connectivity index (χ1n) is 8.79. The van der Waals surface area contributed by atoms with Gasteiger partial charge in [0.25, 0.3) is 0 Å². The molecule has 0 aromatic heterocycles. The average Bonchev–Trinajstić information content (AvgIpc) is 3.13. The number of piperidine rings is 1. The molecule has 136 valence electrons. The Morgan fingerprint density at radius 1 is 1.08 bits per heavy atom. The van der Waals surface area contributed by atoms with Crippen LogP contribution in [-0.2, 0) is 9.59 Å². The van der Waals surface area contributed by atoms with Crippen LogP contribution >= 0.6 is 0 Å². The minimum atomic E-state index is -0.662. The van der Waals surface area contributed by atoms with Gasteiger partial charge in [-0.05, 0) is 50.9 Å². The maximum atomic E-state index is 13.6. The molecule has 2 heterocycles. The summed E-state index contributed by atoms with van der Waals surface area (Å²) in [4.78, 5) is 28.3. The van der Waals surface area contributed by atoms with Gasteiger partial charge in [-0.15, -0.1) is 0 Å². The number of amides is 2. The molecule has 0 saturated carbocycles. The number of hydrogen-bond acceptors (Lipinski definition) is 3. The van der Waals surface area contributed by atoms with Crippen molar-refractivity contribution >= 4 is 17.5 Å². The lowest BCUT2D eigenvalue weighted by atomic mass is 9.95. The van der Waals surface area contributed by atoms with E-state index in [9.17, 15) is 18.4 Å². The van der Waals surface area contributed by atoms with Crippen molar-refractivity contribution in [2.24, 2.45) is 5.92 Å².